The number of ether oxygens (including phenoxy) is 1. The molecule has 8 heteroatoms. The zero-order chi connectivity index (χ0) is 21.5. The van der Waals surface area contributed by atoms with Gasteiger partial charge in [-0.3, -0.25) is 19.0 Å². The highest BCUT2D eigenvalue weighted by atomic mass is 32.2. The van der Waals surface area contributed by atoms with E-state index in [4.69, 9.17) is 4.74 Å². The van der Waals surface area contributed by atoms with Crippen LogP contribution in [0, 0.1) is 0 Å². The number of para-hydroxylation sites is 2. The molecular formula is C22H23N3O4S. The number of aromatic nitrogens is 2. The number of benzene rings is 2. The quantitative estimate of drug-likeness (QED) is 0.313. The van der Waals surface area contributed by atoms with Gasteiger partial charge in [-0.25, -0.2) is 4.98 Å². The molecule has 7 nitrogen and oxygen atoms in total. The molecule has 3 rings (SSSR count). The van der Waals surface area contributed by atoms with Crippen molar-refractivity contribution in [1.29, 1.82) is 0 Å². The van der Waals surface area contributed by atoms with Gasteiger partial charge in [0.15, 0.2) is 5.16 Å². The second-order valence-corrected chi connectivity index (χ2v) is 7.31. The summed E-state index contributed by atoms with van der Waals surface area (Å²) in [5.74, 6) is -0.725. The average Bonchev–Trinajstić information content (AvgIpc) is 2.77. The predicted octanol–water partition coefficient (Wildman–Crippen LogP) is 3.10. The lowest BCUT2D eigenvalue weighted by atomic mass is 10.2. The van der Waals surface area contributed by atoms with Crippen molar-refractivity contribution in [3.63, 3.8) is 0 Å². The van der Waals surface area contributed by atoms with Gasteiger partial charge in [0, 0.05) is 12.2 Å². The van der Waals surface area contributed by atoms with Crippen molar-refractivity contribution < 1.29 is 14.3 Å². The van der Waals surface area contributed by atoms with Crippen LogP contribution in [-0.2, 0) is 20.9 Å². The number of thioether (sulfide) groups is 1. The van der Waals surface area contributed by atoms with E-state index in [-0.39, 0.29) is 30.4 Å². The lowest BCUT2D eigenvalue weighted by Crippen LogP contribution is -2.38. The molecule has 3 aromatic rings. The second-order valence-electron chi connectivity index (χ2n) is 6.37. The molecule has 2 aromatic carbocycles. The van der Waals surface area contributed by atoms with Gasteiger partial charge in [-0.1, -0.05) is 42.1 Å². The molecule has 0 bridgehead atoms. The van der Waals surface area contributed by atoms with Gasteiger partial charge in [0.2, 0.25) is 5.91 Å². The van der Waals surface area contributed by atoms with Crippen molar-refractivity contribution in [3.05, 3.63) is 65.0 Å². The molecule has 0 atom stereocenters. The summed E-state index contributed by atoms with van der Waals surface area (Å²) in [6.07, 6.45) is 0. The van der Waals surface area contributed by atoms with Crippen molar-refractivity contribution in [2.75, 3.05) is 23.8 Å². The zero-order valence-corrected chi connectivity index (χ0v) is 17.7. The van der Waals surface area contributed by atoms with E-state index >= 15 is 0 Å². The third-order valence-corrected chi connectivity index (χ3v) is 5.39. The molecule has 0 aliphatic heterocycles. The van der Waals surface area contributed by atoms with Gasteiger partial charge in [-0.15, -0.1) is 0 Å². The Kier molecular flexibility index (Phi) is 7.24. The monoisotopic (exact) mass is 425 g/mol. The third-order valence-electron chi connectivity index (χ3n) is 4.43. The summed E-state index contributed by atoms with van der Waals surface area (Å²) in [5.41, 5.74) is 1.06. The van der Waals surface area contributed by atoms with E-state index in [9.17, 15) is 14.4 Å². The molecule has 0 spiro atoms. The van der Waals surface area contributed by atoms with Crippen LogP contribution in [0.2, 0.25) is 0 Å². The topological polar surface area (TPSA) is 81.5 Å². The summed E-state index contributed by atoms with van der Waals surface area (Å²) < 4.78 is 6.56. The maximum absolute atomic E-state index is 13.0. The van der Waals surface area contributed by atoms with E-state index < -0.39 is 5.97 Å². The highest BCUT2D eigenvalue weighted by Gasteiger charge is 2.21. The molecule has 0 saturated heterocycles. The standard InChI is InChI=1S/C22H23N3O4S/c1-3-24-21(28)17-12-8-9-13-18(17)23-22(24)30-15-19(26)25(14-20(27)29-4-2)16-10-6-5-7-11-16/h5-13H,3-4,14-15H2,1-2H3. The fourth-order valence-corrected chi connectivity index (χ4v) is 3.95. The first-order valence-electron chi connectivity index (χ1n) is 9.68. The normalized spacial score (nSPS) is 10.7. The largest absolute Gasteiger partial charge is 0.465 e. The Morgan fingerprint density at radius 3 is 2.47 bits per heavy atom. The number of fused-ring (bicyclic) bond motifs is 1. The van der Waals surface area contributed by atoms with Crippen LogP contribution in [0.3, 0.4) is 0 Å². The Morgan fingerprint density at radius 1 is 1.07 bits per heavy atom. The van der Waals surface area contributed by atoms with Crippen molar-refractivity contribution in [1.82, 2.24) is 9.55 Å². The number of hydrogen-bond acceptors (Lipinski definition) is 6. The average molecular weight is 426 g/mol. The highest BCUT2D eigenvalue weighted by Crippen LogP contribution is 2.20. The Bertz CT molecular complexity index is 1100. The van der Waals surface area contributed by atoms with E-state index in [2.05, 4.69) is 4.98 Å². The van der Waals surface area contributed by atoms with Crippen LogP contribution in [0.5, 0.6) is 0 Å². The smallest absolute Gasteiger partial charge is 0.326 e. The molecule has 0 N–H and O–H groups in total. The molecular weight excluding hydrogens is 402 g/mol. The third kappa shape index (κ3) is 4.88. The lowest BCUT2D eigenvalue weighted by Gasteiger charge is -2.22. The SMILES string of the molecule is CCOC(=O)CN(C(=O)CSc1nc2ccccc2c(=O)n1CC)c1ccccc1. The van der Waals surface area contributed by atoms with Crippen molar-refractivity contribution >= 4 is 40.2 Å². The first-order valence-corrected chi connectivity index (χ1v) is 10.7. The molecule has 0 aliphatic rings. The molecule has 156 valence electrons. The molecule has 0 unspecified atom stereocenters. The summed E-state index contributed by atoms with van der Waals surface area (Å²) in [6, 6.07) is 16.1. The maximum Gasteiger partial charge on any atom is 0.326 e. The van der Waals surface area contributed by atoms with Gasteiger partial charge in [0.05, 0.1) is 23.3 Å². The van der Waals surface area contributed by atoms with E-state index in [1.54, 1.807) is 54.0 Å². The number of nitrogens with zero attached hydrogens (tertiary/aromatic N) is 3. The van der Waals surface area contributed by atoms with Crippen molar-refractivity contribution in [3.8, 4) is 0 Å². The fourth-order valence-electron chi connectivity index (χ4n) is 3.01. The first-order chi connectivity index (χ1) is 14.5. The molecule has 1 heterocycles. The number of rotatable bonds is 8. The fraction of sp³-hybridized carbons (Fsp3) is 0.273. The predicted molar refractivity (Wildman–Crippen MR) is 118 cm³/mol. The number of carbonyl (C=O) groups excluding carboxylic acids is 2. The molecule has 0 radical (unpaired) electrons. The first kappa shape index (κ1) is 21.6. The number of esters is 1. The molecule has 0 saturated carbocycles. The Labute approximate surface area is 178 Å². The van der Waals surface area contributed by atoms with Crippen LogP contribution >= 0.6 is 11.8 Å². The van der Waals surface area contributed by atoms with Crippen LogP contribution < -0.4 is 10.5 Å². The van der Waals surface area contributed by atoms with Crippen LogP contribution in [0.15, 0.2) is 64.5 Å². The second kappa shape index (κ2) is 10.1. The van der Waals surface area contributed by atoms with Gasteiger partial charge >= 0.3 is 5.97 Å². The van der Waals surface area contributed by atoms with Crippen LogP contribution in [0.1, 0.15) is 13.8 Å². The van der Waals surface area contributed by atoms with Gasteiger partial charge in [-0.2, -0.15) is 0 Å². The van der Waals surface area contributed by atoms with Gasteiger partial charge < -0.3 is 9.64 Å². The molecule has 0 fully saturated rings. The summed E-state index contributed by atoms with van der Waals surface area (Å²) in [5, 5.41) is 1.02. The number of amides is 1. The van der Waals surface area contributed by atoms with Gasteiger partial charge in [0.1, 0.15) is 6.54 Å². The van der Waals surface area contributed by atoms with Crippen LogP contribution in [-0.4, -0.2) is 40.3 Å². The minimum absolute atomic E-state index is 0.0269. The Hall–Kier alpha value is -3.13. The Morgan fingerprint density at radius 2 is 1.77 bits per heavy atom. The summed E-state index contributed by atoms with van der Waals surface area (Å²) in [4.78, 5) is 43.7. The number of hydrogen-bond donors (Lipinski definition) is 0. The molecule has 0 aliphatic carbocycles. The van der Waals surface area contributed by atoms with E-state index in [1.165, 1.54) is 16.7 Å². The summed E-state index contributed by atoms with van der Waals surface area (Å²) >= 11 is 1.18. The van der Waals surface area contributed by atoms with E-state index in [0.717, 1.165) is 0 Å². The lowest BCUT2D eigenvalue weighted by molar-refractivity contribution is -0.142. The minimum Gasteiger partial charge on any atom is -0.465 e. The number of carbonyl (C=O) groups is 2. The molecule has 1 aromatic heterocycles. The number of anilines is 1. The summed E-state index contributed by atoms with van der Waals surface area (Å²) in [6.45, 7) is 4.09. The van der Waals surface area contributed by atoms with Crippen molar-refractivity contribution in [2.24, 2.45) is 0 Å². The molecule has 1 amide bonds. The van der Waals surface area contributed by atoms with Crippen LogP contribution in [0.25, 0.3) is 10.9 Å². The maximum atomic E-state index is 13.0. The van der Waals surface area contributed by atoms with Crippen LogP contribution in [0.4, 0.5) is 5.69 Å². The Balaban J connectivity index is 1.84. The minimum atomic E-state index is -0.478. The summed E-state index contributed by atoms with van der Waals surface area (Å²) in [7, 11) is 0. The van der Waals surface area contributed by atoms with E-state index in [0.29, 0.717) is 28.3 Å². The van der Waals surface area contributed by atoms with Gasteiger partial charge in [-0.05, 0) is 38.1 Å². The van der Waals surface area contributed by atoms with E-state index in [1.807, 2.05) is 19.1 Å². The van der Waals surface area contributed by atoms with Gasteiger partial charge in [0.25, 0.3) is 5.56 Å². The van der Waals surface area contributed by atoms with Crippen molar-refractivity contribution in [2.45, 2.75) is 25.5 Å². The highest BCUT2D eigenvalue weighted by molar-refractivity contribution is 7.99. The zero-order valence-electron chi connectivity index (χ0n) is 16.9. The molecule has 30 heavy (non-hydrogen) atoms.